The highest BCUT2D eigenvalue weighted by atomic mass is 28.4. The van der Waals surface area contributed by atoms with Crippen LogP contribution in [0.1, 0.15) is 32.8 Å². The normalized spacial score (nSPS) is 11.7. The Morgan fingerprint density at radius 2 is 1.24 bits per heavy atom. The highest BCUT2D eigenvalue weighted by molar-refractivity contribution is 6.75. The quantitative estimate of drug-likeness (QED) is 0.293. The molecule has 0 aliphatic carbocycles. The first-order chi connectivity index (χ1) is 16.3. The van der Waals surface area contributed by atoms with Crippen LogP contribution in [0.2, 0.25) is 6.04 Å². The minimum Gasteiger partial charge on any atom is -0.399 e. The summed E-state index contributed by atoms with van der Waals surface area (Å²) in [5.74, 6) is 0. The minimum atomic E-state index is -2.70. The van der Waals surface area contributed by atoms with Gasteiger partial charge in [-0.2, -0.15) is 0 Å². The number of benzene rings is 2. The maximum Gasteiger partial charge on any atom is 0.536 e. The molecule has 0 aliphatic heterocycles. The van der Waals surface area contributed by atoms with E-state index in [0.29, 0.717) is 25.5 Å². The number of nitrogen functional groups attached to an aromatic ring is 2. The smallest absolute Gasteiger partial charge is 0.399 e. The van der Waals surface area contributed by atoms with Gasteiger partial charge in [-0.25, -0.2) is 0 Å². The lowest BCUT2D eigenvalue weighted by Crippen LogP contribution is -2.54. The minimum absolute atomic E-state index is 0.633. The van der Waals surface area contributed by atoms with Gasteiger partial charge in [0.15, 0.2) is 0 Å². The predicted molar refractivity (Wildman–Crippen MR) is 142 cm³/mol. The maximum absolute atomic E-state index is 5.84. The van der Waals surface area contributed by atoms with E-state index < -0.39 is 17.6 Å². The average molecular weight is 511 g/mol. The zero-order valence-electron chi connectivity index (χ0n) is 21.5. The van der Waals surface area contributed by atoms with Crippen molar-refractivity contribution in [2.75, 3.05) is 52.6 Å². The van der Waals surface area contributed by atoms with Crippen LogP contribution in [0.5, 0.6) is 0 Å². The molecule has 0 aliphatic rings. The van der Waals surface area contributed by atoms with Crippen molar-refractivity contribution in [3.05, 3.63) is 54.1 Å². The lowest BCUT2D eigenvalue weighted by molar-refractivity contribution is 0.0708. The predicted octanol–water partition coefficient (Wildman–Crippen LogP) is 3.60. The average Bonchev–Trinajstić information content (AvgIpc) is 2.83. The molecule has 10 heteroatoms. The molecule has 2 aromatic carbocycles. The Hall–Kier alpha value is -1.77. The lowest BCUT2D eigenvalue weighted by atomic mass is 10.1. The summed E-state index contributed by atoms with van der Waals surface area (Å²) in [6.45, 7) is 7.86. The first-order valence-electron chi connectivity index (χ1n) is 11.6. The SMILES string of the molecule is CCO[Si](CCCc1ccc(N)cc1)(OCC)OCC.CO[Si](OC)(OC)c1cccc(N)c1. The fraction of sp³-hybridized carbons (Fsp3) is 0.500. The van der Waals surface area contributed by atoms with Gasteiger partial charge in [-0.3, -0.25) is 0 Å². The monoisotopic (exact) mass is 510 g/mol. The molecule has 34 heavy (non-hydrogen) atoms. The van der Waals surface area contributed by atoms with Crippen LogP contribution >= 0.6 is 0 Å². The Labute approximate surface area is 207 Å². The lowest BCUT2D eigenvalue weighted by Gasteiger charge is -2.28. The third kappa shape index (κ3) is 9.47. The number of anilines is 2. The molecule has 0 saturated carbocycles. The second-order valence-corrected chi connectivity index (χ2v) is 13.0. The van der Waals surface area contributed by atoms with Crippen LogP contribution in [0.15, 0.2) is 48.5 Å². The first-order valence-corrected chi connectivity index (χ1v) is 15.3. The van der Waals surface area contributed by atoms with Gasteiger partial charge >= 0.3 is 17.6 Å². The van der Waals surface area contributed by atoms with Crippen LogP contribution in [-0.2, 0) is 33.0 Å². The number of aryl methyl sites for hydroxylation is 1. The van der Waals surface area contributed by atoms with E-state index in [1.54, 1.807) is 21.3 Å². The van der Waals surface area contributed by atoms with Gasteiger partial charge in [0, 0.05) is 63.8 Å². The van der Waals surface area contributed by atoms with Crippen molar-refractivity contribution in [2.45, 2.75) is 39.7 Å². The van der Waals surface area contributed by atoms with Crippen LogP contribution in [0.4, 0.5) is 11.4 Å². The Balaban J connectivity index is 0.000000362. The zero-order valence-corrected chi connectivity index (χ0v) is 23.5. The summed E-state index contributed by atoms with van der Waals surface area (Å²) in [4.78, 5) is 0. The largest absolute Gasteiger partial charge is 0.536 e. The van der Waals surface area contributed by atoms with Crippen LogP contribution in [0.3, 0.4) is 0 Å². The molecule has 2 rings (SSSR count). The maximum atomic E-state index is 5.84. The van der Waals surface area contributed by atoms with Gasteiger partial charge in [0.05, 0.1) is 0 Å². The van der Waals surface area contributed by atoms with Gasteiger partial charge in [-0.1, -0.05) is 24.3 Å². The molecule has 0 amide bonds. The molecule has 4 N–H and O–H groups in total. The summed E-state index contributed by atoms with van der Waals surface area (Å²) in [7, 11) is -0.474. The molecule has 8 nitrogen and oxygen atoms in total. The van der Waals surface area contributed by atoms with Crippen LogP contribution in [0.25, 0.3) is 0 Å². The third-order valence-corrected chi connectivity index (χ3v) is 10.8. The topological polar surface area (TPSA) is 107 Å². The van der Waals surface area contributed by atoms with Crippen molar-refractivity contribution in [3.8, 4) is 0 Å². The Morgan fingerprint density at radius 1 is 0.706 bits per heavy atom. The molecule has 0 radical (unpaired) electrons. The molecule has 0 atom stereocenters. The van der Waals surface area contributed by atoms with Crippen molar-refractivity contribution in [2.24, 2.45) is 0 Å². The van der Waals surface area contributed by atoms with Gasteiger partial charge in [0.1, 0.15) is 0 Å². The highest BCUT2D eigenvalue weighted by Gasteiger charge is 2.41. The summed E-state index contributed by atoms with van der Waals surface area (Å²) in [6, 6.07) is 16.2. The number of nitrogens with two attached hydrogens (primary N) is 2. The van der Waals surface area contributed by atoms with E-state index in [9.17, 15) is 0 Å². The molecule has 192 valence electrons. The molecule has 0 fully saturated rings. The molecule has 2 aromatic rings. The number of hydrogen-bond donors (Lipinski definition) is 2. The van der Waals surface area contributed by atoms with Gasteiger partial charge in [-0.05, 0) is 63.4 Å². The second-order valence-electron chi connectivity index (χ2n) is 7.37. The molecule has 0 saturated heterocycles. The Morgan fingerprint density at radius 3 is 1.68 bits per heavy atom. The summed E-state index contributed by atoms with van der Waals surface area (Å²) in [5.41, 5.74) is 14.1. The standard InChI is InChI=1S/C15H27NO3Si.C9H15NO3Si/c1-4-17-20(18-5-2,19-6-3)13-7-8-14-9-11-15(16)12-10-14;1-11-14(12-2,13-3)9-6-4-5-8(10)7-9/h9-12H,4-8,13,16H2,1-3H3;4-7H,10H2,1-3H3. The number of rotatable bonds is 14. The van der Waals surface area contributed by atoms with Crippen molar-refractivity contribution in [1.82, 2.24) is 0 Å². The van der Waals surface area contributed by atoms with Gasteiger partial charge in [0.25, 0.3) is 0 Å². The van der Waals surface area contributed by atoms with E-state index in [2.05, 4.69) is 12.1 Å². The summed E-state index contributed by atoms with van der Waals surface area (Å²) in [5, 5.41) is 0.866. The van der Waals surface area contributed by atoms with Crippen molar-refractivity contribution >= 4 is 34.2 Å². The third-order valence-electron chi connectivity index (χ3n) is 5.07. The summed E-state index contributed by atoms with van der Waals surface area (Å²) >= 11 is 0. The van der Waals surface area contributed by atoms with E-state index >= 15 is 0 Å². The molecule has 0 unspecified atom stereocenters. The van der Waals surface area contributed by atoms with E-state index in [1.807, 2.05) is 57.2 Å². The van der Waals surface area contributed by atoms with Gasteiger partial charge < -0.3 is 38.0 Å². The van der Waals surface area contributed by atoms with Crippen molar-refractivity contribution in [3.63, 3.8) is 0 Å². The molecule has 0 heterocycles. The molecule has 0 aromatic heterocycles. The van der Waals surface area contributed by atoms with Gasteiger partial charge in [0.2, 0.25) is 0 Å². The zero-order chi connectivity index (χ0) is 25.5. The van der Waals surface area contributed by atoms with Crippen molar-refractivity contribution in [1.29, 1.82) is 0 Å². The number of hydrogen-bond acceptors (Lipinski definition) is 8. The summed E-state index contributed by atoms with van der Waals surface area (Å²) in [6.07, 6.45) is 1.98. The van der Waals surface area contributed by atoms with E-state index in [0.717, 1.165) is 29.8 Å². The van der Waals surface area contributed by atoms with E-state index in [-0.39, 0.29) is 0 Å². The van der Waals surface area contributed by atoms with Crippen LogP contribution < -0.4 is 16.7 Å². The fourth-order valence-electron chi connectivity index (χ4n) is 3.53. The fourth-order valence-corrected chi connectivity index (χ4v) is 7.99. The van der Waals surface area contributed by atoms with Gasteiger partial charge in [-0.15, -0.1) is 0 Å². The Kier molecular flexibility index (Phi) is 14.2. The molecular weight excluding hydrogens is 468 g/mol. The molecule has 0 spiro atoms. The van der Waals surface area contributed by atoms with Crippen molar-refractivity contribution < 1.29 is 26.6 Å². The van der Waals surface area contributed by atoms with Crippen LogP contribution in [-0.4, -0.2) is 58.8 Å². The van der Waals surface area contributed by atoms with E-state index in [4.69, 9.17) is 38.0 Å². The molecule has 0 bridgehead atoms. The second kappa shape index (κ2) is 16.0. The van der Waals surface area contributed by atoms with E-state index in [1.165, 1.54) is 5.56 Å². The summed E-state index contributed by atoms with van der Waals surface area (Å²) < 4.78 is 33.5. The first kappa shape index (κ1) is 30.3. The molecular formula is C24H42N2O6Si2. The highest BCUT2D eigenvalue weighted by Crippen LogP contribution is 2.20. The Bertz CT molecular complexity index is 781. The van der Waals surface area contributed by atoms with Crippen LogP contribution in [0, 0.1) is 0 Å².